The molecular formula is C21H26FN3O6S2. The number of carbonyl (C=O) groups excluding carboxylic acids is 1. The SMILES string of the molecule is COc1ccc(S(=O)(=O)N(C)C)cc1NC(=O)C1CCN(S(=O)(=O)c2ccccc2F)CC1. The maximum Gasteiger partial charge on any atom is 0.245 e. The van der Waals surface area contributed by atoms with Crippen molar-refractivity contribution in [2.24, 2.45) is 5.92 Å². The molecule has 0 atom stereocenters. The lowest BCUT2D eigenvalue weighted by atomic mass is 9.97. The van der Waals surface area contributed by atoms with Gasteiger partial charge in [-0.05, 0) is 43.2 Å². The number of amides is 1. The number of rotatable bonds is 7. The summed E-state index contributed by atoms with van der Waals surface area (Å²) < 4.78 is 71.8. The molecule has 1 amide bonds. The molecule has 0 aromatic heterocycles. The molecular weight excluding hydrogens is 473 g/mol. The summed E-state index contributed by atoms with van der Waals surface area (Å²) in [5.41, 5.74) is 0.201. The fraction of sp³-hybridized carbons (Fsp3) is 0.381. The number of methoxy groups -OCH3 is 1. The first-order valence-electron chi connectivity index (χ1n) is 10.1. The van der Waals surface area contributed by atoms with Crippen LogP contribution < -0.4 is 10.1 Å². The predicted octanol–water partition coefficient (Wildman–Crippen LogP) is 2.12. The standard InChI is InChI=1S/C21H26FN3O6S2/c1-24(2)32(27,28)16-8-9-19(31-3)18(14-16)23-21(26)15-10-12-25(13-11-15)33(29,30)20-7-5-4-6-17(20)22/h4-9,14-15H,10-13H2,1-3H3,(H,23,26). The van der Waals surface area contributed by atoms with Crippen LogP contribution in [0.15, 0.2) is 52.3 Å². The monoisotopic (exact) mass is 499 g/mol. The molecule has 9 nitrogen and oxygen atoms in total. The lowest BCUT2D eigenvalue weighted by Gasteiger charge is -2.30. The van der Waals surface area contributed by atoms with E-state index in [0.29, 0.717) is 5.75 Å². The van der Waals surface area contributed by atoms with Gasteiger partial charge in [0.15, 0.2) is 0 Å². The Kier molecular flexibility index (Phi) is 7.42. The first-order valence-corrected chi connectivity index (χ1v) is 13.0. The van der Waals surface area contributed by atoms with Crippen LogP contribution in [0.1, 0.15) is 12.8 Å². The van der Waals surface area contributed by atoms with E-state index in [0.717, 1.165) is 10.4 Å². The third kappa shape index (κ3) is 5.18. The highest BCUT2D eigenvalue weighted by Crippen LogP contribution is 2.31. The van der Waals surface area contributed by atoms with Gasteiger partial charge >= 0.3 is 0 Å². The second-order valence-corrected chi connectivity index (χ2v) is 11.8. The van der Waals surface area contributed by atoms with Crippen molar-refractivity contribution in [3.8, 4) is 5.75 Å². The summed E-state index contributed by atoms with van der Waals surface area (Å²) in [6, 6.07) is 9.33. The molecule has 3 rings (SSSR count). The van der Waals surface area contributed by atoms with Gasteiger partial charge in [0.2, 0.25) is 26.0 Å². The van der Waals surface area contributed by atoms with Crippen LogP contribution in [-0.4, -0.2) is 65.6 Å². The van der Waals surface area contributed by atoms with Crippen molar-refractivity contribution in [2.75, 3.05) is 39.6 Å². The second-order valence-electron chi connectivity index (χ2n) is 7.75. The quantitative estimate of drug-likeness (QED) is 0.625. The highest BCUT2D eigenvalue weighted by Gasteiger charge is 2.33. The zero-order valence-corrected chi connectivity index (χ0v) is 20.1. The van der Waals surface area contributed by atoms with E-state index in [1.807, 2.05) is 0 Å². The Morgan fingerprint density at radius 2 is 1.73 bits per heavy atom. The molecule has 2 aromatic rings. The minimum Gasteiger partial charge on any atom is -0.495 e. The minimum absolute atomic E-state index is 0.00518. The number of nitrogens with zero attached hydrogens (tertiary/aromatic N) is 2. The van der Waals surface area contributed by atoms with Crippen LogP contribution in [0.5, 0.6) is 5.75 Å². The van der Waals surface area contributed by atoms with Gasteiger partial charge in [-0.3, -0.25) is 4.79 Å². The van der Waals surface area contributed by atoms with Crippen molar-refractivity contribution in [1.29, 1.82) is 0 Å². The lowest BCUT2D eigenvalue weighted by Crippen LogP contribution is -2.41. The number of ether oxygens (including phenoxy) is 1. The van der Waals surface area contributed by atoms with Gasteiger partial charge in [-0.25, -0.2) is 25.5 Å². The van der Waals surface area contributed by atoms with Crippen LogP contribution >= 0.6 is 0 Å². The highest BCUT2D eigenvalue weighted by atomic mass is 32.2. The Balaban J connectivity index is 1.73. The molecule has 0 bridgehead atoms. The molecule has 33 heavy (non-hydrogen) atoms. The molecule has 1 N–H and O–H groups in total. The molecule has 1 aliphatic rings. The van der Waals surface area contributed by atoms with Crippen LogP contribution in [0.25, 0.3) is 0 Å². The summed E-state index contributed by atoms with van der Waals surface area (Å²) in [7, 11) is -3.51. The van der Waals surface area contributed by atoms with Gasteiger partial charge in [0, 0.05) is 33.1 Å². The topological polar surface area (TPSA) is 113 Å². The summed E-state index contributed by atoms with van der Waals surface area (Å²) in [6.45, 7) is 0.113. The molecule has 0 saturated carbocycles. The van der Waals surface area contributed by atoms with Gasteiger partial charge in [-0.15, -0.1) is 0 Å². The number of sulfonamides is 2. The van der Waals surface area contributed by atoms with E-state index < -0.39 is 36.7 Å². The molecule has 1 heterocycles. The number of benzene rings is 2. The van der Waals surface area contributed by atoms with Crippen LogP contribution in [-0.2, 0) is 24.8 Å². The van der Waals surface area contributed by atoms with Gasteiger partial charge in [0.05, 0.1) is 17.7 Å². The average Bonchev–Trinajstić information content (AvgIpc) is 2.79. The molecule has 0 unspecified atom stereocenters. The molecule has 12 heteroatoms. The summed E-state index contributed by atoms with van der Waals surface area (Å²) in [4.78, 5) is 12.5. The van der Waals surface area contributed by atoms with Crippen LogP contribution in [0.2, 0.25) is 0 Å². The Labute approximate surface area is 193 Å². The van der Waals surface area contributed by atoms with Crippen molar-refractivity contribution in [2.45, 2.75) is 22.6 Å². The number of hydrogen-bond acceptors (Lipinski definition) is 6. The van der Waals surface area contributed by atoms with Gasteiger partial charge in [0.25, 0.3) is 0 Å². The number of nitrogens with one attached hydrogen (secondary N) is 1. The number of hydrogen-bond donors (Lipinski definition) is 1. The van der Waals surface area contributed by atoms with Crippen molar-refractivity contribution in [3.63, 3.8) is 0 Å². The second kappa shape index (κ2) is 9.75. The summed E-state index contributed by atoms with van der Waals surface area (Å²) in [5.74, 6) is -1.41. The zero-order valence-electron chi connectivity index (χ0n) is 18.5. The van der Waals surface area contributed by atoms with Crippen LogP contribution in [0, 0.1) is 11.7 Å². The number of anilines is 1. The van der Waals surface area contributed by atoms with Crippen molar-refractivity contribution in [1.82, 2.24) is 8.61 Å². The molecule has 0 radical (unpaired) electrons. The molecule has 180 valence electrons. The Morgan fingerprint density at radius 1 is 1.09 bits per heavy atom. The number of piperidine rings is 1. The summed E-state index contributed by atoms with van der Waals surface area (Å²) >= 11 is 0. The zero-order chi connectivity index (χ0) is 24.4. The van der Waals surface area contributed by atoms with Gasteiger partial charge < -0.3 is 10.1 Å². The fourth-order valence-electron chi connectivity index (χ4n) is 3.54. The van der Waals surface area contributed by atoms with Crippen molar-refractivity contribution >= 4 is 31.6 Å². The van der Waals surface area contributed by atoms with E-state index in [9.17, 15) is 26.0 Å². The van der Waals surface area contributed by atoms with Gasteiger partial charge in [-0.1, -0.05) is 12.1 Å². The van der Waals surface area contributed by atoms with E-state index in [2.05, 4.69) is 5.32 Å². The van der Waals surface area contributed by atoms with Crippen LogP contribution in [0.4, 0.5) is 10.1 Å². The first-order chi connectivity index (χ1) is 15.5. The maximum absolute atomic E-state index is 14.0. The predicted molar refractivity (Wildman–Crippen MR) is 120 cm³/mol. The van der Waals surface area contributed by atoms with Crippen LogP contribution in [0.3, 0.4) is 0 Å². The van der Waals surface area contributed by atoms with E-state index in [-0.39, 0.29) is 42.4 Å². The fourth-order valence-corrected chi connectivity index (χ4v) is 6.01. The normalized spacial score (nSPS) is 16.0. The van der Waals surface area contributed by atoms with E-state index >= 15 is 0 Å². The maximum atomic E-state index is 14.0. The molecule has 1 fully saturated rings. The van der Waals surface area contributed by atoms with E-state index in [4.69, 9.17) is 4.74 Å². The molecule has 1 saturated heterocycles. The largest absolute Gasteiger partial charge is 0.495 e. The third-order valence-electron chi connectivity index (χ3n) is 5.49. The first kappa shape index (κ1) is 25.1. The third-order valence-corrected chi connectivity index (χ3v) is 9.23. The van der Waals surface area contributed by atoms with E-state index in [1.54, 1.807) is 0 Å². The summed E-state index contributed by atoms with van der Waals surface area (Å²) in [5, 5.41) is 2.70. The lowest BCUT2D eigenvalue weighted by molar-refractivity contribution is -0.120. The highest BCUT2D eigenvalue weighted by molar-refractivity contribution is 7.89. The average molecular weight is 500 g/mol. The Morgan fingerprint density at radius 3 is 2.30 bits per heavy atom. The number of halogens is 1. The summed E-state index contributed by atoms with van der Waals surface area (Å²) in [6.07, 6.45) is 0.467. The minimum atomic E-state index is -4.01. The smallest absolute Gasteiger partial charge is 0.245 e. The van der Waals surface area contributed by atoms with Crippen molar-refractivity contribution in [3.05, 3.63) is 48.3 Å². The van der Waals surface area contributed by atoms with E-state index in [1.165, 1.54) is 61.9 Å². The molecule has 1 aliphatic heterocycles. The Bertz CT molecular complexity index is 1240. The number of carbonyl (C=O) groups is 1. The Hall–Kier alpha value is -2.54. The van der Waals surface area contributed by atoms with Gasteiger partial charge in [-0.2, -0.15) is 4.31 Å². The molecule has 2 aromatic carbocycles. The molecule has 0 aliphatic carbocycles. The van der Waals surface area contributed by atoms with Crippen molar-refractivity contribution < 1.29 is 30.8 Å². The van der Waals surface area contributed by atoms with Gasteiger partial charge in [0.1, 0.15) is 16.5 Å². The molecule has 0 spiro atoms.